The molecule has 2 heterocycles. The minimum Gasteiger partial charge on any atom is -0.478 e. The average Bonchev–Trinajstić information content (AvgIpc) is 2.71. The Labute approximate surface area is 101 Å². The zero-order valence-electron chi connectivity index (χ0n) is 10.2. The lowest BCUT2D eigenvalue weighted by Gasteiger charge is -2.37. The Morgan fingerprint density at radius 1 is 1.59 bits per heavy atom. The summed E-state index contributed by atoms with van der Waals surface area (Å²) in [4.78, 5) is 15.3. The predicted molar refractivity (Wildman–Crippen MR) is 63.0 cm³/mol. The zero-order valence-corrected chi connectivity index (χ0v) is 10.2. The molecular weight excluding hydrogens is 220 g/mol. The van der Waals surface area contributed by atoms with Crippen LogP contribution in [0.1, 0.15) is 23.0 Å². The van der Waals surface area contributed by atoms with Crippen LogP contribution in [0.3, 0.4) is 0 Å². The topological polar surface area (TPSA) is 56.9 Å². The fourth-order valence-corrected chi connectivity index (χ4v) is 2.19. The van der Waals surface area contributed by atoms with Crippen LogP contribution >= 0.6 is 0 Å². The van der Waals surface area contributed by atoms with Crippen LogP contribution < -0.4 is 0 Å². The van der Waals surface area contributed by atoms with Gasteiger partial charge in [0.2, 0.25) is 0 Å². The summed E-state index contributed by atoms with van der Waals surface area (Å²) in [5.41, 5.74) is 0.224. The smallest absolute Gasteiger partial charge is 0.338 e. The average molecular weight is 238 g/mol. The van der Waals surface area contributed by atoms with Crippen molar-refractivity contribution in [2.45, 2.75) is 19.5 Å². The second-order valence-electron chi connectivity index (χ2n) is 4.69. The van der Waals surface area contributed by atoms with Crippen LogP contribution in [0.2, 0.25) is 0 Å². The maximum absolute atomic E-state index is 10.7. The monoisotopic (exact) mass is 238 g/mol. The number of furan rings is 1. The van der Waals surface area contributed by atoms with Gasteiger partial charge in [0.15, 0.2) is 0 Å². The summed E-state index contributed by atoms with van der Waals surface area (Å²) >= 11 is 0. The van der Waals surface area contributed by atoms with E-state index in [1.165, 1.54) is 6.26 Å². The van der Waals surface area contributed by atoms with Gasteiger partial charge >= 0.3 is 5.97 Å². The Balaban J connectivity index is 1.98. The first-order chi connectivity index (χ1) is 8.06. The number of nitrogens with zero attached hydrogens (tertiary/aromatic N) is 2. The number of piperazine rings is 1. The first-order valence-electron chi connectivity index (χ1n) is 5.79. The van der Waals surface area contributed by atoms with Crippen LogP contribution in [-0.2, 0) is 6.54 Å². The standard InChI is InChI=1S/C12H18N2O3/c1-9-6-13(2)3-4-14(9)7-11-5-10(8-17-11)12(15)16/h5,8-9H,3-4,6-7H2,1-2H3,(H,15,16). The zero-order chi connectivity index (χ0) is 12.4. The molecule has 0 aromatic carbocycles. The Kier molecular flexibility index (Phi) is 3.49. The van der Waals surface area contributed by atoms with E-state index in [9.17, 15) is 4.79 Å². The number of hydrogen-bond donors (Lipinski definition) is 1. The number of rotatable bonds is 3. The van der Waals surface area contributed by atoms with Crippen LogP contribution in [-0.4, -0.2) is 53.6 Å². The number of aromatic carboxylic acids is 1. The highest BCUT2D eigenvalue weighted by atomic mass is 16.4. The molecule has 0 saturated carbocycles. The van der Waals surface area contributed by atoms with E-state index >= 15 is 0 Å². The van der Waals surface area contributed by atoms with Gasteiger partial charge in [-0.25, -0.2) is 4.79 Å². The third-order valence-electron chi connectivity index (χ3n) is 3.23. The molecule has 1 aliphatic heterocycles. The van der Waals surface area contributed by atoms with E-state index in [2.05, 4.69) is 23.8 Å². The highest BCUT2D eigenvalue weighted by molar-refractivity contribution is 5.87. The fourth-order valence-electron chi connectivity index (χ4n) is 2.19. The van der Waals surface area contributed by atoms with Gasteiger partial charge in [-0.2, -0.15) is 0 Å². The maximum atomic E-state index is 10.7. The molecule has 94 valence electrons. The molecule has 1 aromatic rings. The Morgan fingerprint density at radius 2 is 2.35 bits per heavy atom. The second-order valence-corrected chi connectivity index (χ2v) is 4.69. The predicted octanol–water partition coefficient (Wildman–Crippen LogP) is 1.11. The molecule has 0 spiro atoms. The molecule has 1 atom stereocenters. The molecule has 17 heavy (non-hydrogen) atoms. The van der Waals surface area contributed by atoms with Crippen LogP contribution in [0, 0.1) is 0 Å². The molecular formula is C12H18N2O3. The van der Waals surface area contributed by atoms with Gasteiger partial charge < -0.3 is 14.4 Å². The van der Waals surface area contributed by atoms with Crippen LogP contribution in [0.15, 0.2) is 16.7 Å². The summed E-state index contributed by atoms with van der Waals surface area (Å²) < 4.78 is 5.27. The van der Waals surface area contributed by atoms with Crippen molar-refractivity contribution in [1.29, 1.82) is 0 Å². The number of carboxylic acids is 1. The largest absolute Gasteiger partial charge is 0.478 e. The van der Waals surface area contributed by atoms with Gasteiger partial charge in [0.05, 0.1) is 12.1 Å². The van der Waals surface area contributed by atoms with Gasteiger partial charge in [0.25, 0.3) is 0 Å². The molecule has 1 aliphatic rings. The van der Waals surface area contributed by atoms with Crippen molar-refractivity contribution in [1.82, 2.24) is 9.80 Å². The number of likely N-dealkylation sites (N-methyl/N-ethyl adjacent to an activating group) is 1. The molecule has 0 bridgehead atoms. The molecule has 2 rings (SSSR count). The fraction of sp³-hybridized carbons (Fsp3) is 0.583. The second kappa shape index (κ2) is 4.89. The van der Waals surface area contributed by atoms with Crippen molar-refractivity contribution >= 4 is 5.97 Å². The Hall–Kier alpha value is -1.33. The summed E-state index contributed by atoms with van der Waals surface area (Å²) in [5.74, 6) is -0.217. The first-order valence-corrected chi connectivity index (χ1v) is 5.79. The van der Waals surface area contributed by atoms with Crippen LogP contribution in [0.5, 0.6) is 0 Å². The molecule has 0 amide bonds. The third-order valence-corrected chi connectivity index (χ3v) is 3.23. The third kappa shape index (κ3) is 2.87. The highest BCUT2D eigenvalue weighted by Crippen LogP contribution is 2.15. The van der Waals surface area contributed by atoms with Gasteiger partial charge in [0, 0.05) is 25.7 Å². The van der Waals surface area contributed by atoms with E-state index in [1.807, 2.05) is 0 Å². The van der Waals surface area contributed by atoms with Gasteiger partial charge in [-0.05, 0) is 20.0 Å². The molecule has 5 nitrogen and oxygen atoms in total. The number of hydrogen-bond acceptors (Lipinski definition) is 4. The van der Waals surface area contributed by atoms with E-state index < -0.39 is 5.97 Å². The van der Waals surface area contributed by atoms with Gasteiger partial charge in [-0.15, -0.1) is 0 Å². The minimum atomic E-state index is -0.938. The molecule has 5 heteroatoms. The van der Waals surface area contributed by atoms with Crippen molar-refractivity contribution in [3.8, 4) is 0 Å². The molecule has 1 saturated heterocycles. The summed E-state index contributed by atoms with van der Waals surface area (Å²) in [6, 6.07) is 2.07. The summed E-state index contributed by atoms with van der Waals surface area (Å²) in [6.45, 7) is 5.92. The number of carboxylic acid groups (broad SMARTS) is 1. The maximum Gasteiger partial charge on any atom is 0.338 e. The van der Waals surface area contributed by atoms with Gasteiger partial charge in [-0.3, -0.25) is 4.90 Å². The van der Waals surface area contributed by atoms with E-state index in [1.54, 1.807) is 6.07 Å². The normalized spacial score (nSPS) is 22.8. The van der Waals surface area contributed by atoms with E-state index in [0.29, 0.717) is 12.6 Å². The molecule has 1 aromatic heterocycles. The molecule has 0 aliphatic carbocycles. The van der Waals surface area contributed by atoms with Gasteiger partial charge in [-0.1, -0.05) is 0 Å². The highest BCUT2D eigenvalue weighted by Gasteiger charge is 2.22. The van der Waals surface area contributed by atoms with E-state index in [0.717, 1.165) is 25.4 Å². The van der Waals surface area contributed by atoms with Crippen LogP contribution in [0.4, 0.5) is 0 Å². The quantitative estimate of drug-likeness (QED) is 0.855. The summed E-state index contributed by atoms with van der Waals surface area (Å²) in [5, 5.41) is 8.81. The van der Waals surface area contributed by atoms with Crippen molar-refractivity contribution in [2.24, 2.45) is 0 Å². The number of carbonyl (C=O) groups is 1. The Bertz CT molecular complexity index is 402. The lowest BCUT2D eigenvalue weighted by atomic mass is 10.2. The van der Waals surface area contributed by atoms with Crippen molar-refractivity contribution in [2.75, 3.05) is 26.7 Å². The van der Waals surface area contributed by atoms with Crippen molar-refractivity contribution < 1.29 is 14.3 Å². The summed E-state index contributed by atoms with van der Waals surface area (Å²) in [6.07, 6.45) is 1.30. The molecule has 1 unspecified atom stereocenters. The SMILES string of the molecule is CC1CN(C)CCN1Cc1cc(C(=O)O)co1. The summed E-state index contributed by atoms with van der Waals surface area (Å²) in [7, 11) is 2.11. The van der Waals surface area contributed by atoms with E-state index in [4.69, 9.17) is 9.52 Å². The molecule has 1 N–H and O–H groups in total. The first kappa shape index (κ1) is 12.1. The molecule has 1 fully saturated rings. The Morgan fingerprint density at radius 3 is 2.94 bits per heavy atom. The molecule has 0 radical (unpaired) electrons. The van der Waals surface area contributed by atoms with Gasteiger partial charge in [0.1, 0.15) is 12.0 Å². The van der Waals surface area contributed by atoms with E-state index in [-0.39, 0.29) is 5.56 Å². The van der Waals surface area contributed by atoms with Crippen molar-refractivity contribution in [3.05, 3.63) is 23.7 Å². The minimum absolute atomic E-state index is 0.224. The van der Waals surface area contributed by atoms with Crippen molar-refractivity contribution in [3.63, 3.8) is 0 Å². The van der Waals surface area contributed by atoms with Crippen LogP contribution in [0.25, 0.3) is 0 Å². The lowest BCUT2D eigenvalue weighted by molar-refractivity contribution is 0.0696. The lowest BCUT2D eigenvalue weighted by Crippen LogP contribution is -2.49.